The number of nitrogens with one attached hydrogen (secondary N) is 2. The van der Waals surface area contributed by atoms with Gasteiger partial charge in [0.1, 0.15) is 5.84 Å². The van der Waals surface area contributed by atoms with E-state index in [1.807, 2.05) is 12.1 Å². The number of rotatable bonds is 3. The van der Waals surface area contributed by atoms with Crippen LogP contribution < -0.4 is 10.0 Å². The smallest absolute Gasteiger partial charge is 0.229 e. The Kier molecular flexibility index (Phi) is 3.33. The Balaban J connectivity index is 2.36. The Labute approximate surface area is 101 Å². The third kappa shape index (κ3) is 3.20. The summed E-state index contributed by atoms with van der Waals surface area (Å²) in [5, 5.41) is 3.18. The molecule has 0 aliphatic carbocycles. The molecule has 2 rings (SSSR count). The number of hydrogen-bond acceptors (Lipinski definition) is 4. The van der Waals surface area contributed by atoms with Gasteiger partial charge in [0.2, 0.25) is 10.0 Å². The van der Waals surface area contributed by atoms with E-state index >= 15 is 0 Å². The molecule has 0 saturated heterocycles. The fourth-order valence-corrected chi connectivity index (χ4v) is 2.27. The normalized spacial score (nSPS) is 15.9. The lowest BCUT2D eigenvalue weighted by molar-refractivity contribution is 0.607. The second-order valence-electron chi connectivity index (χ2n) is 3.93. The van der Waals surface area contributed by atoms with Crippen molar-refractivity contribution < 1.29 is 8.42 Å². The summed E-state index contributed by atoms with van der Waals surface area (Å²) in [6.45, 7) is 1.64. The van der Waals surface area contributed by atoms with Gasteiger partial charge in [-0.3, -0.25) is 9.71 Å². The van der Waals surface area contributed by atoms with Crippen LogP contribution in [0.25, 0.3) is 0 Å². The summed E-state index contributed by atoms with van der Waals surface area (Å²) in [6.07, 6.45) is 2.14. The third-order valence-electron chi connectivity index (χ3n) is 2.37. The average molecular weight is 253 g/mol. The van der Waals surface area contributed by atoms with E-state index in [1.165, 1.54) is 0 Å². The van der Waals surface area contributed by atoms with Crippen molar-refractivity contribution in [1.29, 1.82) is 0 Å². The molecule has 0 amide bonds. The zero-order chi connectivity index (χ0) is 12.3. The van der Waals surface area contributed by atoms with E-state index in [9.17, 15) is 8.42 Å². The SMILES string of the molecule is CS(=O)(=O)Nc1ccccc1C1=NCCCN1. The predicted octanol–water partition coefficient (Wildman–Crippen LogP) is 0.798. The lowest BCUT2D eigenvalue weighted by Gasteiger charge is -2.17. The summed E-state index contributed by atoms with van der Waals surface area (Å²) < 4.78 is 25.0. The second-order valence-corrected chi connectivity index (χ2v) is 5.68. The fraction of sp³-hybridized carbons (Fsp3) is 0.364. The largest absolute Gasteiger partial charge is 0.370 e. The van der Waals surface area contributed by atoms with Crippen LogP contribution in [-0.2, 0) is 10.0 Å². The van der Waals surface area contributed by atoms with Crippen molar-refractivity contribution in [2.45, 2.75) is 6.42 Å². The molecule has 0 aromatic heterocycles. The molecule has 0 saturated carbocycles. The van der Waals surface area contributed by atoms with Crippen molar-refractivity contribution in [1.82, 2.24) is 5.32 Å². The molecular weight excluding hydrogens is 238 g/mol. The minimum absolute atomic E-state index is 0.558. The number of nitrogens with zero attached hydrogens (tertiary/aromatic N) is 1. The van der Waals surface area contributed by atoms with E-state index in [1.54, 1.807) is 12.1 Å². The summed E-state index contributed by atoms with van der Waals surface area (Å²) in [5.74, 6) is 0.753. The lowest BCUT2D eigenvalue weighted by Crippen LogP contribution is -2.31. The van der Waals surface area contributed by atoms with Crippen LogP contribution in [0.4, 0.5) is 5.69 Å². The molecular formula is C11H15N3O2S. The Morgan fingerprint density at radius 1 is 1.35 bits per heavy atom. The van der Waals surface area contributed by atoms with Gasteiger partial charge in [0.15, 0.2) is 0 Å². The zero-order valence-corrected chi connectivity index (χ0v) is 10.4. The summed E-state index contributed by atoms with van der Waals surface area (Å²) in [5.41, 5.74) is 1.35. The van der Waals surface area contributed by atoms with Gasteiger partial charge in [0, 0.05) is 18.7 Å². The first-order valence-electron chi connectivity index (χ1n) is 5.42. The maximum atomic E-state index is 11.3. The van der Waals surface area contributed by atoms with Crippen molar-refractivity contribution >= 4 is 21.5 Å². The zero-order valence-electron chi connectivity index (χ0n) is 9.60. The quantitative estimate of drug-likeness (QED) is 0.837. The molecule has 1 aliphatic rings. The maximum Gasteiger partial charge on any atom is 0.229 e. The molecule has 6 heteroatoms. The first-order valence-corrected chi connectivity index (χ1v) is 7.31. The van der Waals surface area contributed by atoms with E-state index < -0.39 is 10.0 Å². The molecule has 0 radical (unpaired) electrons. The summed E-state index contributed by atoms with van der Waals surface area (Å²) in [6, 6.07) is 7.24. The van der Waals surface area contributed by atoms with Crippen molar-refractivity contribution in [3.05, 3.63) is 29.8 Å². The molecule has 0 spiro atoms. The molecule has 2 N–H and O–H groups in total. The third-order valence-corrected chi connectivity index (χ3v) is 2.97. The number of hydrogen-bond donors (Lipinski definition) is 2. The van der Waals surface area contributed by atoms with Gasteiger partial charge in [0.25, 0.3) is 0 Å². The van der Waals surface area contributed by atoms with E-state index in [0.717, 1.165) is 37.2 Å². The van der Waals surface area contributed by atoms with Crippen LogP contribution in [0.1, 0.15) is 12.0 Å². The van der Waals surface area contributed by atoms with Gasteiger partial charge < -0.3 is 5.32 Å². The number of anilines is 1. The van der Waals surface area contributed by atoms with Crippen LogP contribution in [0.15, 0.2) is 29.3 Å². The van der Waals surface area contributed by atoms with Gasteiger partial charge in [-0.1, -0.05) is 12.1 Å². The summed E-state index contributed by atoms with van der Waals surface area (Å²) in [7, 11) is -3.27. The lowest BCUT2D eigenvalue weighted by atomic mass is 10.1. The molecule has 17 heavy (non-hydrogen) atoms. The fourth-order valence-electron chi connectivity index (χ4n) is 1.69. The van der Waals surface area contributed by atoms with E-state index in [4.69, 9.17) is 0 Å². The standard InChI is InChI=1S/C11H15N3O2S/c1-17(15,16)14-10-6-3-2-5-9(10)11-12-7-4-8-13-11/h2-3,5-6,14H,4,7-8H2,1H3,(H,12,13). The number of amidine groups is 1. The van der Waals surface area contributed by atoms with Gasteiger partial charge in [-0.25, -0.2) is 8.42 Å². The molecule has 92 valence electrons. The number of aliphatic imine (C=N–C) groups is 1. The topological polar surface area (TPSA) is 70.6 Å². The predicted molar refractivity (Wildman–Crippen MR) is 68.9 cm³/mol. The molecule has 1 aliphatic heterocycles. The highest BCUT2D eigenvalue weighted by Crippen LogP contribution is 2.17. The first-order chi connectivity index (χ1) is 8.06. The minimum atomic E-state index is -3.27. The van der Waals surface area contributed by atoms with Gasteiger partial charge in [-0.2, -0.15) is 0 Å². The Hall–Kier alpha value is -1.56. The van der Waals surface area contributed by atoms with Crippen LogP contribution in [0.5, 0.6) is 0 Å². The highest BCUT2D eigenvalue weighted by atomic mass is 32.2. The van der Waals surface area contributed by atoms with Gasteiger partial charge >= 0.3 is 0 Å². The van der Waals surface area contributed by atoms with E-state index in [2.05, 4.69) is 15.0 Å². The molecule has 5 nitrogen and oxygen atoms in total. The highest BCUT2D eigenvalue weighted by molar-refractivity contribution is 7.92. The summed E-state index contributed by atoms with van der Waals surface area (Å²) in [4.78, 5) is 4.36. The highest BCUT2D eigenvalue weighted by Gasteiger charge is 2.13. The Morgan fingerprint density at radius 2 is 2.12 bits per heavy atom. The van der Waals surface area contributed by atoms with Gasteiger partial charge in [-0.05, 0) is 18.6 Å². The van der Waals surface area contributed by atoms with Gasteiger partial charge in [-0.15, -0.1) is 0 Å². The molecule has 0 bridgehead atoms. The Morgan fingerprint density at radius 3 is 2.76 bits per heavy atom. The van der Waals surface area contributed by atoms with Crippen LogP contribution in [-0.4, -0.2) is 33.6 Å². The monoisotopic (exact) mass is 253 g/mol. The number of benzene rings is 1. The maximum absolute atomic E-state index is 11.3. The number of para-hydroxylation sites is 1. The molecule has 1 aromatic carbocycles. The van der Waals surface area contributed by atoms with Crippen LogP contribution in [0.3, 0.4) is 0 Å². The van der Waals surface area contributed by atoms with Crippen LogP contribution in [0, 0.1) is 0 Å². The van der Waals surface area contributed by atoms with Crippen LogP contribution in [0.2, 0.25) is 0 Å². The molecule has 0 unspecified atom stereocenters. The second kappa shape index (κ2) is 4.75. The van der Waals surface area contributed by atoms with Crippen molar-refractivity contribution in [3.8, 4) is 0 Å². The average Bonchev–Trinajstić information content (AvgIpc) is 2.29. The minimum Gasteiger partial charge on any atom is -0.370 e. The molecule has 1 aromatic rings. The van der Waals surface area contributed by atoms with Crippen molar-refractivity contribution in [3.63, 3.8) is 0 Å². The number of sulfonamides is 1. The van der Waals surface area contributed by atoms with E-state index in [-0.39, 0.29) is 0 Å². The van der Waals surface area contributed by atoms with Crippen molar-refractivity contribution in [2.24, 2.45) is 4.99 Å². The van der Waals surface area contributed by atoms with Crippen LogP contribution >= 0.6 is 0 Å². The molecule has 1 heterocycles. The van der Waals surface area contributed by atoms with Crippen molar-refractivity contribution in [2.75, 3.05) is 24.1 Å². The van der Waals surface area contributed by atoms with Gasteiger partial charge in [0.05, 0.1) is 11.9 Å². The first kappa shape index (κ1) is 11.9. The molecule has 0 fully saturated rings. The van der Waals surface area contributed by atoms with E-state index in [0.29, 0.717) is 5.69 Å². The Bertz CT molecular complexity index is 537. The summed E-state index contributed by atoms with van der Waals surface area (Å²) >= 11 is 0. The molecule has 0 atom stereocenters.